The van der Waals surface area contributed by atoms with Crippen molar-refractivity contribution in [3.63, 3.8) is 0 Å². The van der Waals surface area contributed by atoms with Gasteiger partial charge in [-0.25, -0.2) is 4.79 Å². The topological polar surface area (TPSA) is 151 Å². The lowest BCUT2D eigenvalue weighted by Gasteiger charge is -2.28. The van der Waals surface area contributed by atoms with Crippen LogP contribution in [0.5, 0.6) is 5.75 Å². The molecule has 11 nitrogen and oxygen atoms in total. The van der Waals surface area contributed by atoms with E-state index in [1.54, 1.807) is 12.1 Å². The van der Waals surface area contributed by atoms with Gasteiger partial charge >= 0.3 is 13.1 Å². The molecule has 0 unspecified atom stereocenters. The lowest BCUT2D eigenvalue weighted by atomic mass is 9.72. The third-order valence-electron chi connectivity index (χ3n) is 4.57. The standard InChI is InChI=1S/C15H17BN6O5/c23-13(5-12-19-21-22(20-12)9-6-17-7-9)18-11-4-8-2-1-3-10(15(24)25)14(8)27-16(11)26/h1-3,9,11,17,26H,4-7H2,(H,18,23)(H,24,25)/t11-/m0/s1. The molecule has 2 aromatic rings. The Morgan fingerprint density at radius 1 is 1.41 bits per heavy atom. The number of rotatable bonds is 5. The minimum absolute atomic E-state index is 0.0253. The number of hydrogen-bond acceptors (Lipinski definition) is 8. The molecule has 3 heterocycles. The number of tetrazole rings is 1. The predicted octanol–water partition coefficient (Wildman–Crippen LogP) is -1.80. The summed E-state index contributed by atoms with van der Waals surface area (Å²) in [4.78, 5) is 25.0. The number of para-hydroxylation sites is 1. The fraction of sp³-hybridized carbons (Fsp3) is 0.400. The second-order valence-electron chi connectivity index (χ2n) is 6.50. The zero-order chi connectivity index (χ0) is 19.0. The molecule has 1 amide bonds. The minimum atomic E-state index is -1.35. The molecule has 0 bridgehead atoms. The Labute approximate surface area is 153 Å². The van der Waals surface area contributed by atoms with E-state index < -0.39 is 19.0 Å². The Morgan fingerprint density at radius 3 is 2.93 bits per heavy atom. The highest BCUT2D eigenvalue weighted by atomic mass is 16.5. The van der Waals surface area contributed by atoms with E-state index in [9.17, 15) is 19.7 Å². The molecular weight excluding hydrogens is 355 g/mol. The van der Waals surface area contributed by atoms with Gasteiger partial charge in [0, 0.05) is 13.1 Å². The number of hydrogen-bond donors (Lipinski definition) is 4. The third-order valence-corrected chi connectivity index (χ3v) is 4.57. The summed E-state index contributed by atoms with van der Waals surface area (Å²) < 4.78 is 5.35. The lowest BCUT2D eigenvalue weighted by molar-refractivity contribution is -0.121. The van der Waals surface area contributed by atoms with E-state index in [4.69, 9.17) is 4.65 Å². The molecule has 0 radical (unpaired) electrons. The Bertz CT molecular complexity index is 885. The molecule has 0 saturated carbocycles. The Kier molecular flexibility index (Phi) is 4.50. The van der Waals surface area contributed by atoms with Gasteiger partial charge in [-0.15, -0.1) is 10.2 Å². The Hall–Kier alpha value is -2.99. The van der Waals surface area contributed by atoms with Crippen molar-refractivity contribution < 1.29 is 24.4 Å². The Balaban J connectivity index is 1.40. The number of amides is 1. The summed E-state index contributed by atoms with van der Waals surface area (Å²) in [5.41, 5.74) is 0.578. The van der Waals surface area contributed by atoms with Crippen molar-refractivity contribution in [1.29, 1.82) is 0 Å². The van der Waals surface area contributed by atoms with Gasteiger partial charge < -0.3 is 25.4 Å². The van der Waals surface area contributed by atoms with Gasteiger partial charge in [0.05, 0.1) is 24.0 Å². The van der Waals surface area contributed by atoms with E-state index in [2.05, 4.69) is 26.0 Å². The van der Waals surface area contributed by atoms with Gasteiger partial charge in [0.1, 0.15) is 5.75 Å². The summed E-state index contributed by atoms with van der Waals surface area (Å²) >= 11 is 0. The van der Waals surface area contributed by atoms with Crippen LogP contribution in [0.4, 0.5) is 0 Å². The molecule has 2 aliphatic heterocycles. The van der Waals surface area contributed by atoms with Gasteiger partial charge in [0.15, 0.2) is 5.82 Å². The van der Waals surface area contributed by atoms with Crippen LogP contribution in [-0.4, -0.2) is 68.4 Å². The molecule has 4 rings (SSSR count). The maximum atomic E-state index is 12.3. The van der Waals surface area contributed by atoms with E-state index >= 15 is 0 Å². The maximum absolute atomic E-state index is 12.3. The highest BCUT2D eigenvalue weighted by molar-refractivity contribution is 6.47. The van der Waals surface area contributed by atoms with E-state index in [-0.39, 0.29) is 36.1 Å². The van der Waals surface area contributed by atoms with Gasteiger partial charge in [-0.2, -0.15) is 4.80 Å². The molecule has 2 aliphatic rings. The first kappa shape index (κ1) is 17.4. The number of aromatic nitrogens is 4. The van der Waals surface area contributed by atoms with Crippen molar-refractivity contribution >= 4 is 19.0 Å². The average Bonchev–Trinajstić information content (AvgIpc) is 3.00. The van der Waals surface area contributed by atoms with Crippen molar-refractivity contribution in [2.45, 2.75) is 24.8 Å². The number of aromatic carboxylic acids is 1. The molecule has 140 valence electrons. The first-order valence-corrected chi connectivity index (χ1v) is 8.49. The molecule has 1 saturated heterocycles. The second kappa shape index (κ2) is 6.97. The molecule has 1 fully saturated rings. The number of carboxylic acids is 1. The molecule has 0 aliphatic carbocycles. The molecular formula is C15H17BN6O5. The fourth-order valence-corrected chi connectivity index (χ4v) is 3.04. The molecule has 27 heavy (non-hydrogen) atoms. The number of carbonyl (C=O) groups is 2. The van der Waals surface area contributed by atoms with Crippen LogP contribution < -0.4 is 15.3 Å². The molecule has 1 atom stereocenters. The minimum Gasteiger partial charge on any atom is -0.534 e. The molecule has 1 aromatic carbocycles. The average molecular weight is 372 g/mol. The summed E-state index contributed by atoms with van der Waals surface area (Å²) in [6.07, 6.45) is 0.169. The summed E-state index contributed by atoms with van der Waals surface area (Å²) in [7, 11) is -1.35. The smallest absolute Gasteiger partial charge is 0.534 e. The number of carbonyl (C=O) groups excluding carboxylic acids is 1. The van der Waals surface area contributed by atoms with Crippen LogP contribution in [0.1, 0.15) is 27.8 Å². The highest BCUT2D eigenvalue weighted by Gasteiger charge is 2.37. The number of fused-ring (bicyclic) bond motifs is 1. The van der Waals surface area contributed by atoms with Gasteiger partial charge in [-0.05, 0) is 23.3 Å². The third kappa shape index (κ3) is 3.48. The fourth-order valence-electron chi connectivity index (χ4n) is 3.04. The van der Waals surface area contributed by atoms with Crippen LogP contribution in [0.2, 0.25) is 0 Å². The van der Waals surface area contributed by atoms with Crippen LogP contribution >= 0.6 is 0 Å². The van der Waals surface area contributed by atoms with Crippen molar-refractivity contribution in [2.75, 3.05) is 13.1 Å². The van der Waals surface area contributed by atoms with Crippen LogP contribution in [0.3, 0.4) is 0 Å². The van der Waals surface area contributed by atoms with Gasteiger partial charge in [-0.3, -0.25) is 4.79 Å². The van der Waals surface area contributed by atoms with Crippen molar-refractivity contribution in [2.24, 2.45) is 0 Å². The summed E-state index contributed by atoms with van der Waals surface area (Å²) in [6, 6.07) is 4.86. The van der Waals surface area contributed by atoms with E-state index in [1.165, 1.54) is 10.9 Å². The number of benzene rings is 1. The predicted molar refractivity (Wildman–Crippen MR) is 91.1 cm³/mol. The van der Waals surface area contributed by atoms with Gasteiger partial charge in [-0.1, -0.05) is 12.1 Å². The molecule has 1 aromatic heterocycles. The van der Waals surface area contributed by atoms with Crippen LogP contribution in [-0.2, 0) is 17.6 Å². The van der Waals surface area contributed by atoms with Crippen LogP contribution in [0.25, 0.3) is 0 Å². The largest absolute Gasteiger partial charge is 0.547 e. The van der Waals surface area contributed by atoms with E-state index in [1.807, 2.05) is 0 Å². The number of carboxylic acid groups (broad SMARTS) is 1. The molecule has 4 N–H and O–H groups in total. The molecule has 12 heteroatoms. The van der Waals surface area contributed by atoms with Crippen molar-refractivity contribution in [3.05, 3.63) is 35.2 Å². The summed E-state index contributed by atoms with van der Waals surface area (Å²) in [5.74, 6) is -1.81. The SMILES string of the molecule is O=C(Cc1nnn(C2CNC2)n1)N[C@H]1Cc2cccc(C(=O)O)c2OB1O. The van der Waals surface area contributed by atoms with Gasteiger partial charge in [0.2, 0.25) is 5.91 Å². The first-order valence-electron chi connectivity index (χ1n) is 8.49. The summed E-state index contributed by atoms with van der Waals surface area (Å²) in [6.45, 7) is 1.54. The maximum Gasteiger partial charge on any atom is 0.547 e. The quantitative estimate of drug-likeness (QED) is 0.446. The second-order valence-corrected chi connectivity index (χ2v) is 6.50. The zero-order valence-electron chi connectivity index (χ0n) is 14.2. The van der Waals surface area contributed by atoms with E-state index in [0.717, 1.165) is 13.1 Å². The van der Waals surface area contributed by atoms with Crippen molar-refractivity contribution in [3.8, 4) is 5.75 Å². The zero-order valence-corrected chi connectivity index (χ0v) is 14.2. The highest BCUT2D eigenvalue weighted by Crippen LogP contribution is 2.30. The summed E-state index contributed by atoms with van der Waals surface area (Å²) in [5, 5.41) is 37.2. The van der Waals surface area contributed by atoms with Crippen LogP contribution in [0.15, 0.2) is 18.2 Å². The monoisotopic (exact) mass is 372 g/mol. The van der Waals surface area contributed by atoms with Gasteiger partial charge in [0.25, 0.3) is 0 Å². The van der Waals surface area contributed by atoms with Crippen molar-refractivity contribution in [1.82, 2.24) is 30.8 Å². The van der Waals surface area contributed by atoms with Crippen LogP contribution in [0, 0.1) is 0 Å². The lowest BCUT2D eigenvalue weighted by Crippen LogP contribution is -2.53. The first-order chi connectivity index (χ1) is 13.0. The normalized spacial score (nSPS) is 19.0. The number of nitrogens with one attached hydrogen (secondary N) is 2. The van der Waals surface area contributed by atoms with E-state index in [0.29, 0.717) is 11.4 Å². The number of nitrogens with zero attached hydrogens (tertiary/aromatic N) is 4. The Morgan fingerprint density at radius 2 is 2.22 bits per heavy atom. The molecule has 0 spiro atoms.